The monoisotopic (exact) mass is 717 g/mol. The van der Waals surface area contributed by atoms with Gasteiger partial charge in [-0.05, 0) is 82.5 Å². The van der Waals surface area contributed by atoms with Crippen LogP contribution >= 0.6 is 0 Å². The molecule has 0 saturated carbocycles. The molecule has 1 heterocycles. The van der Waals surface area contributed by atoms with Crippen LogP contribution in [0.3, 0.4) is 0 Å². The molecule has 2 nitrogen and oxygen atoms in total. The largest absolute Gasteiger partial charge is 0.257 e. The van der Waals surface area contributed by atoms with Crippen molar-refractivity contribution in [3.05, 3.63) is 107 Å². The molecular formula is C51H76N2. The van der Waals surface area contributed by atoms with E-state index in [-0.39, 0.29) is 16.9 Å². The molecule has 0 aromatic heterocycles. The van der Waals surface area contributed by atoms with Crippen molar-refractivity contribution in [2.45, 2.75) is 194 Å². The molecule has 1 aliphatic heterocycles. The number of hydrazone groups is 1. The highest BCUT2D eigenvalue weighted by Gasteiger charge is 2.29. The van der Waals surface area contributed by atoms with Gasteiger partial charge in [0.2, 0.25) is 0 Å². The van der Waals surface area contributed by atoms with Gasteiger partial charge in [-0.2, -0.15) is 5.10 Å². The van der Waals surface area contributed by atoms with Gasteiger partial charge in [0, 0.05) is 6.42 Å². The SMILES string of the molecule is CCCCCCCCCCCCc1ccc(N2N=C(C=Cc3ccc(C(C)(C)CCCCC)cc3)CC2c2ccc(C(C)(C)CCCCC)cc2)cc1. The first-order valence-electron chi connectivity index (χ1n) is 22.0. The maximum Gasteiger partial charge on any atom is 0.0831 e. The maximum atomic E-state index is 5.27. The zero-order valence-electron chi connectivity index (χ0n) is 35.2. The molecule has 1 aliphatic rings. The summed E-state index contributed by atoms with van der Waals surface area (Å²) in [5, 5.41) is 7.56. The van der Waals surface area contributed by atoms with E-state index in [0.29, 0.717) is 0 Å². The Kier molecular flexibility index (Phi) is 17.9. The van der Waals surface area contributed by atoms with E-state index in [0.717, 1.165) is 12.1 Å². The first kappa shape index (κ1) is 42.6. The molecule has 3 aromatic carbocycles. The lowest BCUT2D eigenvalue weighted by molar-refractivity contribution is 0.450. The van der Waals surface area contributed by atoms with E-state index in [1.165, 1.54) is 156 Å². The second kappa shape index (κ2) is 22.3. The predicted octanol–water partition coefficient (Wildman–Crippen LogP) is 15.9. The number of hydrogen-bond acceptors (Lipinski definition) is 2. The summed E-state index contributed by atoms with van der Waals surface area (Å²) >= 11 is 0. The number of benzene rings is 3. The van der Waals surface area contributed by atoms with E-state index < -0.39 is 0 Å². The summed E-state index contributed by atoms with van der Waals surface area (Å²) in [6.07, 6.45) is 30.6. The second-order valence-corrected chi connectivity index (χ2v) is 17.5. The summed E-state index contributed by atoms with van der Waals surface area (Å²) in [6, 6.07) is 28.2. The van der Waals surface area contributed by atoms with E-state index in [4.69, 9.17) is 5.10 Å². The van der Waals surface area contributed by atoms with E-state index >= 15 is 0 Å². The van der Waals surface area contributed by atoms with E-state index in [1.54, 1.807) is 0 Å². The van der Waals surface area contributed by atoms with Crippen molar-refractivity contribution in [2.75, 3.05) is 5.01 Å². The highest BCUT2D eigenvalue weighted by atomic mass is 15.5. The van der Waals surface area contributed by atoms with Gasteiger partial charge in [0.15, 0.2) is 0 Å². The molecule has 290 valence electrons. The zero-order valence-corrected chi connectivity index (χ0v) is 35.2. The number of allylic oxidation sites excluding steroid dienone is 1. The number of rotatable bonds is 25. The molecule has 0 radical (unpaired) electrons. The molecule has 0 fully saturated rings. The van der Waals surface area contributed by atoms with Crippen LogP contribution in [0.4, 0.5) is 5.69 Å². The molecule has 0 saturated heterocycles. The summed E-state index contributed by atoms with van der Waals surface area (Å²) in [5.41, 5.74) is 9.62. The third-order valence-corrected chi connectivity index (χ3v) is 12.0. The molecular weight excluding hydrogens is 641 g/mol. The Morgan fingerprint density at radius 1 is 0.547 bits per heavy atom. The molecule has 2 heteroatoms. The average molecular weight is 717 g/mol. The van der Waals surface area contributed by atoms with Crippen LogP contribution < -0.4 is 5.01 Å². The highest BCUT2D eigenvalue weighted by molar-refractivity contribution is 6.01. The van der Waals surface area contributed by atoms with E-state index in [9.17, 15) is 0 Å². The third-order valence-electron chi connectivity index (χ3n) is 12.0. The molecule has 4 rings (SSSR count). The molecule has 0 aliphatic carbocycles. The highest BCUT2D eigenvalue weighted by Crippen LogP contribution is 2.38. The Labute approximate surface area is 327 Å². The molecule has 0 amide bonds. The minimum absolute atomic E-state index is 0.186. The minimum Gasteiger partial charge on any atom is -0.257 e. The molecule has 0 spiro atoms. The molecule has 0 N–H and O–H groups in total. The topological polar surface area (TPSA) is 15.6 Å². The van der Waals surface area contributed by atoms with Crippen LogP contribution in [0, 0.1) is 0 Å². The molecule has 3 aromatic rings. The van der Waals surface area contributed by atoms with Crippen molar-refractivity contribution in [2.24, 2.45) is 5.10 Å². The fraction of sp³-hybridized carbons (Fsp3) is 0.588. The summed E-state index contributed by atoms with van der Waals surface area (Å²) in [6.45, 7) is 16.5. The minimum atomic E-state index is 0.186. The van der Waals surface area contributed by atoms with Gasteiger partial charge in [-0.3, -0.25) is 5.01 Å². The van der Waals surface area contributed by atoms with Crippen LogP contribution in [0.2, 0.25) is 0 Å². The first-order chi connectivity index (χ1) is 25.7. The smallest absolute Gasteiger partial charge is 0.0831 e. The van der Waals surface area contributed by atoms with Crippen LogP contribution in [-0.4, -0.2) is 5.71 Å². The van der Waals surface area contributed by atoms with E-state index in [1.807, 2.05) is 0 Å². The van der Waals surface area contributed by atoms with Gasteiger partial charge in [-0.25, -0.2) is 0 Å². The van der Waals surface area contributed by atoms with Crippen LogP contribution in [0.1, 0.15) is 204 Å². The number of anilines is 1. The lowest BCUT2D eigenvalue weighted by Gasteiger charge is -2.27. The van der Waals surface area contributed by atoms with Gasteiger partial charge in [0.25, 0.3) is 0 Å². The lowest BCUT2D eigenvalue weighted by Crippen LogP contribution is -2.20. The summed E-state index contributed by atoms with van der Waals surface area (Å²) < 4.78 is 0. The van der Waals surface area contributed by atoms with Crippen molar-refractivity contribution in [3.8, 4) is 0 Å². The Morgan fingerprint density at radius 3 is 1.55 bits per heavy atom. The first-order valence-corrected chi connectivity index (χ1v) is 22.0. The molecule has 1 unspecified atom stereocenters. The van der Waals surface area contributed by atoms with Crippen LogP contribution in [0.5, 0.6) is 0 Å². The van der Waals surface area contributed by atoms with Gasteiger partial charge >= 0.3 is 0 Å². The second-order valence-electron chi connectivity index (χ2n) is 17.5. The summed E-state index contributed by atoms with van der Waals surface area (Å²) in [7, 11) is 0. The van der Waals surface area contributed by atoms with Gasteiger partial charge in [-0.15, -0.1) is 0 Å². The van der Waals surface area contributed by atoms with Crippen LogP contribution in [0.25, 0.3) is 6.08 Å². The number of hydrogen-bond donors (Lipinski definition) is 0. The van der Waals surface area contributed by atoms with E-state index in [2.05, 4.69) is 138 Å². The molecule has 53 heavy (non-hydrogen) atoms. The predicted molar refractivity (Wildman–Crippen MR) is 236 cm³/mol. The summed E-state index contributed by atoms with van der Waals surface area (Å²) in [5.74, 6) is 0. The fourth-order valence-corrected chi connectivity index (χ4v) is 8.08. The Hall–Kier alpha value is -3.13. The van der Waals surface area contributed by atoms with Crippen LogP contribution in [-0.2, 0) is 17.3 Å². The zero-order chi connectivity index (χ0) is 37.9. The van der Waals surface area contributed by atoms with Crippen molar-refractivity contribution in [1.82, 2.24) is 0 Å². The number of nitrogens with zero attached hydrogens (tertiary/aromatic N) is 2. The molecule has 0 bridgehead atoms. The normalized spacial score (nSPS) is 15.1. The summed E-state index contributed by atoms with van der Waals surface area (Å²) in [4.78, 5) is 0. The molecule has 1 atom stereocenters. The fourth-order valence-electron chi connectivity index (χ4n) is 8.08. The standard InChI is InChI=1S/C51H76N2/c1-8-11-14-15-16-17-18-19-20-21-24-42-28-37-48(38-29-42)53-49(44-30-34-46(35-31-44)51(6,7)40-23-13-10-3)41-47(52-53)36-27-43-25-32-45(33-26-43)50(4,5)39-22-12-9-2/h25-38,49H,8-24,39-41H2,1-7H3. The Morgan fingerprint density at radius 2 is 1.02 bits per heavy atom. The van der Waals surface area contributed by atoms with Crippen LogP contribution in [0.15, 0.2) is 84.0 Å². The van der Waals surface area contributed by atoms with Gasteiger partial charge < -0.3 is 0 Å². The lowest BCUT2D eigenvalue weighted by atomic mass is 9.79. The van der Waals surface area contributed by atoms with Crippen molar-refractivity contribution < 1.29 is 0 Å². The quantitative estimate of drug-likeness (QED) is 0.0797. The number of aryl methyl sites for hydroxylation is 1. The van der Waals surface area contributed by atoms with Gasteiger partial charge in [0.1, 0.15) is 0 Å². The average Bonchev–Trinajstić information content (AvgIpc) is 3.60. The maximum absolute atomic E-state index is 5.27. The van der Waals surface area contributed by atoms with Crippen molar-refractivity contribution in [1.29, 1.82) is 0 Å². The van der Waals surface area contributed by atoms with Gasteiger partial charge in [-0.1, -0.05) is 212 Å². The number of unbranched alkanes of at least 4 members (excludes halogenated alkanes) is 13. The Bertz CT molecular complexity index is 1490. The van der Waals surface area contributed by atoms with Crippen molar-refractivity contribution in [3.63, 3.8) is 0 Å². The van der Waals surface area contributed by atoms with Gasteiger partial charge in [0.05, 0.1) is 17.4 Å². The Balaban J connectivity index is 1.43. The van der Waals surface area contributed by atoms with Crippen molar-refractivity contribution >= 4 is 17.5 Å². The third kappa shape index (κ3) is 13.9.